The van der Waals surface area contributed by atoms with Crippen LogP contribution in [0.2, 0.25) is 0 Å². The molecule has 3 nitrogen and oxygen atoms in total. The quantitative estimate of drug-likeness (QED) is 0.605. The van der Waals surface area contributed by atoms with Gasteiger partial charge in [0.15, 0.2) is 0 Å². The molecule has 1 aromatic heterocycles. The first-order valence-electron chi connectivity index (χ1n) is 5.50. The molecular formula is C11H17ClN2OS. The van der Waals surface area contributed by atoms with Crippen LogP contribution in [0.5, 0.6) is 0 Å². The van der Waals surface area contributed by atoms with E-state index in [2.05, 4.69) is 10.3 Å². The first kappa shape index (κ1) is 13.5. The van der Waals surface area contributed by atoms with Crippen molar-refractivity contribution in [2.45, 2.75) is 32.6 Å². The number of unbranched alkanes of at least 4 members (excludes halogenated alkanes) is 3. The van der Waals surface area contributed by atoms with E-state index < -0.39 is 0 Å². The molecule has 1 rings (SSSR count). The fraction of sp³-hybridized carbons (Fsp3) is 0.636. The number of aromatic nitrogens is 1. The molecule has 0 bridgehead atoms. The van der Waals surface area contributed by atoms with Gasteiger partial charge in [-0.1, -0.05) is 12.8 Å². The predicted molar refractivity (Wildman–Crippen MR) is 68.4 cm³/mol. The number of alkyl halides is 1. The highest BCUT2D eigenvalue weighted by Crippen LogP contribution is 2.10. The number of hydrogen-bond acceptors (Lipinski definition) is 3. The van der Waals surface area contributed by atoms with E-state index in [0.29, 0.717) is 4.88 Å². The second-order valence-corrected chi connectivity index (χ2v) is 5.22. The topological polar surface area (TPSA) is 42.0 Å². The van der Waals surface area contributed by atoms with Crippen LogP contribution in [0, 0.1) is 6.92 Å². The summed E-state index contributed by atoms with van der Waals surface area (Å²) in [5.74, 6) is 0.718. The van der Waals surface area contributed by atoms with E-state index in [-0.39, 0.29) is 5.91 Å². The summed E-state index contributed by atoms with van der Waals surface area (Å²) >= 11 is 7.00. The Labute approximate surface area is 105 Å². The lowest BCUT2D eigenvalue weighted by molar-refractivity contribution is 0.0957. The summed E-state index contributed by atoms with van der Waals surface area (Å²) in [6, 6.07) is 0. The molecule has 5 heteroatoms. The third-order valence-corrected chi connectivity index (χ3v) is 3.37. The molecule has 0 saturated carbocycles. The Hall–Kier alpha value is -0.610. The SMILES string of the molecule is Cc1ncc(C(=O)NCCCCCCCl)s1. The second kappa shape index (κ2) is 7.63. The van der Waals surface area contributed by atoms with E-state index in [1.54, 1.807) is 6.20 Å². The van der Waals surface area contributed by atoms with Crippen molar-refractivity contribution in [2.75, 3.05) is 12.4 Å². The molecule has 1 heterocycles. The van der Waals surface area contributed by atoms with Crippen LogP contribution in [-0.2, 0) is 0 Å². The number of nitrogens with zero attached hydrogens (tertiary/aromatic N) is 1. The Kier molecular flexibility index (Phi) is 6.42. The Morgan fingerprint density at radius 1 is 1.44 bits per heavy atom. The lowest BCUT2D eigenvalue weighted by Gasteiger charge is -2.02. The standard InChI is InChI=1S/C11H17ClN2OS/c1-9-14-8-10(16-9)11(15)13-7-5-3-2-4-6-12/h8H,2-7H2,1H3,(H,13,15). The summed E-state index contributed by atoms with van der Waals surface area (Å²) in [5, 5.41) is 3.81. The van der Waals surface area contributed by atoms with Gasteiger partial charge in [0, 0.05) is 12.4 Å². The second-order valence-electron chi connectivity index (χ2n) is 3.60. The van der Waals surface area contributed by atoms with Crippen LogP contribution < -0.4 is 5.32 Å². The van der Waals surface area contributed by atoms with Crippen molar-refractivity contribution in [3.63, 3.8) is 0 Å². The van der Waals surface area contributed by atoms with Gasteiger partial charge < -0.3 is 5.32 Å². The molecule has 0 aliphatic rings. The van der Waals surface area contributed by atoms with Crippen molar-refractivity contribution in [3.05, 3.63) is 16.1 Å². The first-order chi connectivity index (χ1) is 7.74. The summed E-state index contributed by atoms with van der Waals surface area (Å²) in [4.78, 5) is 16.3. The molecule has 90 valence electrons. The van der Waals surface area contributed by atoms with Gasteiger partial charge in [-0.05, 0) is 19.8 Å². The number of carbonyl (C=O) groups excluding carboxylic acids is 1. The van der Waals surface area contributed by atoms with E-state index in [0.717, 1.165) is 43.1 Å². The van der Waals surface area contributed by atoms with Gasteiger partial charge in [-0.2, -0.15) is 0 Å². The number of aryl methyl sites for hydroxylation is 1. The summed E-state index contributed by atoms with van der Waals surface area (Å²) in [6.07, 6.45) is 5.96. The third-order valence-electron chi connectivity index (χ3n) is 2.19. The smallest absolute Gasteiger partial charge is 0.263 e. The zero-order valence-corrected chi connectivity index (χ0v) is 11.0. The average Bonchev–Trinajstić information content (AvgIpc) is 2.70. The van der Waals surface area contributed by atoms with Gasteiger partial charge in [0.2, 0.25) is 0 Å². The molecule has 0 saturated heterocycles. The molecule has 16 heavy (non-hydrogen) atoms. The van der Waals surface area contributed by atoms with Gasteiger partial charge >= 0.3 is 0 Å². The van der Waals surface area contributed by atoms with E-state index in [4.69, 9.17) is 11.6 Å². The van der Waals surface area contributed by atoms with Gasteiger partial charge in [-0.15, -0.1) is 22.9 Å². The third kappa shape index (κ3) is 4.94. The van der Waals surface area contributed by atoms with Crippen LogP contribution in [0.3, 0.4) is 0 Å². The van der Waals surface area contributed by atoms with E-state index in [1.165, 1.54) is 11.3 Å². The van der Waals surface area contributed by atoms with Crippen LogP contribution in [-0.4, -0.2) is 23.3 Å². The van der Waals surface area contributed by atoms with Gasteiger partial charge in [-0.3, -0.25) is 4.79 Å². The van der Waals surface area contributed by atoms with Crippen LogP contribution in [0.15, 0.2) is 6.20 Å². The van der Waals surface area contributed by atoms with Gasteiger partial charge in [0.25, 0.3) is 5.91 Å². The highest BCUT2D eigenvalue weighted by molar-refractivity contribution is 7.13. The lowest BCUT2D eigenvalue weighted by atomic mass is 10.2. The highest BCUT2D eigenvalue weighted by Gasteiger charge is 2.07. The molecule has 0 fully saturated rings. The Bertz CT molecular complexity index is 328. The molecular weight excluding hydrogens is 244 g/mol. The molecule has 0 radical (unpaired) electrons. The minimum atomic E-state index is -0.0112. The highest BCUT2D eigenvalue weighted by atomic mass is 35.5. The number of carbonyl (C=O) groups is 1. The maximum Gasteiger partial charge on any atom is 0.263 e. The number of hydrogen-bond donors (Lipinski definition) is 1. The molecule has 1 aromatic rings. The fourth-order valence-electron chi connectivity index (χ4n) is 1.33. The fourth-order valence-corrected chi connectivity index (χ4v) is 2.21. The molecule has 1 amide bonds. The minimum absolute atomic E-state index is 0.0112. The normalized spacial score (nSPS) is 10.4. The zero-order chi connectivity index (χ0) is 11.8. The first-order valence-corrected chi connectivity index (χ1v) is 6.85. The number of amides is 1. The largest absolute Gasteiger partial charge is 0.351 e. The van der Waals surface area contributed by atoms with Gasteiger partial charge in [-0.25, -0.2) is 4.98 Å². The maximum absolute atomic E-state index is 11.6. The van der Waals surface area contributed by atoms with Crippen LogP contribution in [0.1, 0.15) is 40.4 Å². The van der Waals surface area contributed by atoms with Crippen molar-refractivity contribution < 1.29 is 4.79 Å². The Morgan fingerprint density at radius 3 is 2.81 bits per heavy atom. The summed E-state index contributed by atoms with van der Waals surface area (Å²) in [6.45, 7) is 2.63. The van der Waals surface area contributed by atoms with Crippen LogP contribution in [0.4, 0.5) is 0 Å². The number of nitrogens with one attached hydrogen (secondary N) is 1. The van der Waals surface area contributed by atoms with Crippen LogP contribution >= 0.6 is 22.9 Å². The molecule has 0 spiro atoms. The number of thiazole rings is 1. The van der Waals surface area contributed by atoms with Gasteiger partial charge in [0.05, 0.1) is 11.2 Å². The number of halogens is 1. The summed E-state index contributed by atoms with van der Waals surface area (Å²) < 4.78 is 0. The Balaban J connectivity index is 2.11. The van der Waals surface area contributed by atoms with E-state index in [9.17, 15) is 4.79 Å². The molecule has 0 aliphatic carbocycles. The molecule has 1 N–H and O–H groups in total. The van der Waals surface area contributed by atoms with Crippen molar-refractivity contribution in [1.29, 1.82) is 0 Å². The van der Waals surface area contributed by atoms with E-state index in [1.807, 2.05) is 6.92 Å². The maximum atomic E-state index is 11.6. The number of rotatable bonds is 7. The average molecular weight is 261 g/mol. The minimum Gasteiger partial charge on any atom is -0.351 e. The summed E-state index contributed by atoms with van der Waals surface area (Å²) in [5.41, 5.74) is 0. The Morgan fingerprint density at radius 2 is 2.19 bits per heavy atom. The van der Waals surface area contributed by atoms with Crippen molar-refractivity contribution in [2.24, 2.45) is 0 Å². The van der Waals surface area contributed by atoms with Gasteiger partial charge in [0.1, 0.15) is 4.88 Å². The van der Waals surface area contributed by atoms with Crippen LogP contribution in [0.25, 0.3) is 0 Å². The van der Waals surface area contributed by atoms with Crippen molar-refractivity contribution in [1.82, 2.24) is 10.3 Å². The molecule has 0 aliphatic heterocycles. The zero-order valence-electron chi connectivity index (χ0n) is 9.46. The molecule has 0 unspecified atom stereocenters. The molecule has 0 aromatic carbocycles. The van der Waals surface area contributed by atoms with Crippen molar-refractivity contribution >= 4 is 28.8 Å². The molecule has 0 atom stereocenters. The summed E-state index contributed by atoms with van der Waals surface area (Å²) in [7, 11) is 0. The van der Waals surface area contributed by atoms with Crippen molar-refractivity contribution in [3.8, 4) is 0 Å². The monoisotopic (exact) mass is 260 g/mol. The predicted octanol–water partition coefficient (Wildman–Crippen LogP) is 2.98. The lowest BCUT2D eigenvalue weighted by Crippen LogP contribution is -2.23. The van der Waals surface area contributed by atoms with E-state index >= 15 is 0 Å².